The van der Waals surface area contributed by atoms with Crippen molar-refractivity contribution in [1.29, 1.82) is 0 Å². The van der Waals surface area contributed by atoms with Gasteiger partial charge in [-0.3, -0.25) is 4.79 Å². The van der Waals surface area contributed by atoms with Crippen LogP contribution in [0.4, 0.5) is 0 Å². The Labute approximate surface area is 230 Å². The molecule has 0 radical (unpaired) electrons. The summed E-state index contributed by atoms with van der Waals surface area (Å²) >= 11 is 0. The molecule has 204 valence electrons. The number of nitrogens with one attached hydrogen (secondary N) is 1. The molecule has 2 atom stereocenters. The van der Waals surface area contributed by atoms with E-state index in [2.05, 4.69) is 68.8 Å². The van der Waals surface area contributed by atoms with Crippen molar-refractivity contribution in [3.05, 3.63) is 100 Å². The van der Waals surface area contributed by atoms with Crippen LogP contribution in [-0.2, 0) is 16.8 Å². The molecule has 6 nitrogen and oxygen atoms in total. The van der Waals surface area contributed by atoms with Crippen LogP contribution < -0.4 is 10.1 Å². The summed E-state index contributed by atoms with van der Waals surface area (Å²) in [5, 5.41) is 13.3. The molecule has 1 amide bonds. The summed E-state index contributed by atoms with van der Waals surface area (Å²) in [5.74, 6) is -0.586. The summed E-state index contributed by atoms with van der Waals surface area (Å²) in [6.45, 7) is 14.8. The minimum Gasteiger partial charge on any atom is -0.479 e. The van der Waals surface area contributed by atoms with Crippen LogP contribution in [0.5, 0.6) is 5.75 Å². The van der Waals surface area contributed by atoms with Gasteiger partial charge in [0.2, 0.25) is 0 Å². The standard InChI is InChI=1S/C33H38N2O4/c1-20-22(3)35(19-24-9-8-10-28(17-24)39-23(4)32(37)38)30-16-13-26(18-29(20)30)31(36)34-21(2)25-11-14-27(15-12-25)33(5,6)7/h8-18,21,23H,19H2,1-7H3,(H,34,36)(H,37,38)/t21-,23?/m0/s1. The Kier molecular flexibility index (Phi) is 7.86. The summed E-state index contributed by atoms with van der Waals surface area (Å²) in [6.07, 6.45) is -0.924. The zero-order chi connectivity index (χ0) is 28.5. The second-order valence-corrected chi connectivity index (χ2v) is 11.3. The third-order valence-electron chi connectivity index (χ3n) is 7.43. The van der Waals surface area contributed by atoms with Gasteiger partial charge < -0.3 is 19.7 Å². The number of carboxylic acids is 1. The van der Waals surface area contributed by atoms with Crippen molar-refractivity contribution in [2.45, 2.75) is 72.6 Å². The first kappa shape index (κ1) is 28.0. The van der Waals surface area contributed by atoms with E-state index in [1.54, 1.807) is 6.07 Å². The number of carbonyl (C=O) groups excluding carboxylic acids is 1. The largest absolute Gasteiger partial charge is 0.479 e. The highest BCUT2D eigenvalue weighted by Crippen LogP contribution is 2.29. The predicted molar refractivity (Wildman–Crippen MR) is 156 cm³/mol. The van der Waals surface area contributed by atoms with E-state index in [4.69, 9.17) is 9.84 Å². The number of carboxylic acid groups (broad SMARTS) is 1. The van der Waals surface area contributed by atoms with Gasteiger partial charge in [0.25, 0.3) is 5.91 Å². The van der Waals surface area contributed by atoms with Crippen LogP contribution >= 0.6 is 0 Å². The van der Waals surface area contributed by atoms with E-state index < -0.39 is 12.1 Å². The van der Waals surface area contributed by atoms with Crippen LogP contribution in [0.1, 0.15) is 79.0 Å². The van der Waals surface area contributed by atoms with Crippen molar-refractivity contribution in [3.63, 3.8) is 0 Å². The monoisotopic (exact) mass is 526 g/mol. The number of carbonyl (C=O) groups is 2. The average molecular weight is 527 g/mol. The number of benzene rings is 3. The average Bonchev–Trinajstić information content (AvgIpc) is 3.12. The van der Waals surface area contributed by atoms with Crippen molar-refractivity contribution < 1.29 is 19.4 Å². The van der Waals surface area contributed by atoms with Crippen molar-refractivity contribution in [2.24, 2.45) is 0 Å². The Morgan fingerprint density at radius 1 is 0.974 bits per heavy atom. The molecule has 4 aromatic rings. The maximum Gasteiger partial charge on any atom is 0.344 e. The molecule has 0 aliphatic rings. The van der Waals surface area contributed by atoms with Crippen molar-refractivity contribution in [1.82, 2.24) is 9.88 Å². The Balaban J connectivity index is 1.54. The number of aromatic nitrogens is 1. The summed E-state index contributed by atoms with van der Waals surface area (Å²) < 4.78 is 7.76. The number of aryl methyl sites for hydroxylation is 1. The topological polar surface area (TPSA) is 80.6 Å². The van der Waals surface area contributed by atoms with Crippen LogP contribution in [0.2, 0.25) is 0 Å². The molecule has 0 aliphatic heterocycles. The smallest absolute Gasteiger partial charge is 0.344 e. The highest BCUT2D eigenvalue weighted by molar-refractivity contribution is 5.99. The third-order valence-corrected chi connectivity index (χ3v) is 7.43. The first-order chi connectivity index (χ1) is 18.3. The first-order valence-corrected chi connectivity index (χ1v) is 13.3. The van der Waals surface area contributed by atoms with Gasteiger partial charge in [-0.1, -0.05) is 57.2 Å². The van der Waals surface area contributed by atoms with Gasteiger partial charge >= 0.3 is 5.97 Å². The molecule has 0 saturated heterocycles. The van der Waals surface area contributed by atoms with Crippen LogP contribution in [0, 0.1) is 13.8 Å². The quantitative estimate of drug-likeness (QED) is 0.260. The second kappa shape index (κ2) is 11.0. The molecule has 0 saturated carbocycles. The molecule has 2 N–H and O–H groups in total. The van der Waals surface area contributed by atoms with Crippen molar-refractivity contribution >= 4 is 22.8 Å². The van der Waals surface area contributed by atoms with Crippen molar-refractivity contribution in [2.75, 3.05) is 0 Å². The van der Waals surface area contributed by atoms with Gasteiger partial charge in [0.05, 0.1) is 6.04 Å². The van der Waals surface area contributed by atoms with Crippen LogP contribution in [0.15, 0.2) is 66.7 Å². The molecule has 1 heterocycles. The first-order valence-electron chi connectivity index (χ1n) is 13.3. The number of fused-ring (bicyclic) bond motifs is 1. The molecular formula is C33H38N2O4. The molecule has 1 aromatic heterocycles. The van der Waals surface area contributed by atoms with Crippen LogP contribution in [0.3, 0.4) is 0 Å². The Bertz CT molecular complexity index is 1510. The van der Waals surface area contributed by atoms with E-state index in [-0.39, 0.29) is 17.4 Å². The van der Waals surface area contributed by atoms with E-state index in [1.807, 2.05) is 43.3 Å². The van der Waals surface area contributed by atoms with E-state index in [1.165, 1.54) is 12.5 Å². The highest BCUT2D eigenvalue weighted by Gasteiger charge is 2.18. The van der Waals surface area contributed by atoms with E-state index >= 15 is 0 Å². The number of nitrogens with zero attached hydrogens (tertiary/aromatic N) is 1. The summed E-state index contributed by atoms with van der Waals surface area (Å²) in [4.78, 5) is 24.4. The second-order valence-electron chi connectivity index (χ2n) is 11.3. The molecular weight excluding hydrogens is 488 g/mol. The Morgan fingerprint density at radius 3 is 2.31 bits per heavy atom. The number of hydrogen-bond acceptors (Lipinski definition) is 3. The lowest BCUT2D eigenvalue weighted by Gasteiger charge is -2.21. The third kappa shape index (κ3) is 6.17. The fourth-order valence-corrected chi connectivity index (χ4v) is 4.78. The highest BCUT2D eigenvalue weighted by atomic mass is 16.5. The van der Waals surface area contributed by atoms with E-state index in [0.717, 1.165) is 33.3 Å². The fourth-order valence-electron chi connectivity index (χ4n) is 4.78. The molecule has 0 fully saturated rings. The molecule has 39 heavy (non-hydrogen) atoms. The fraction of sp³-hybridized carbons (Fsp3) is 0.333. The Hall–Kier alpha value is -4.06. The maximum absolute atomic E-state index is 13.2. The maximum atomic E-state index is 13.2. The van der Waals surface area contributed by atoms with Crippen LogP contribution in [0.25, 0.3) is 10.9 Å². The zero-order valence-corrected chi connectivity index (χ0v) is 23.8. The normalized spacial score (nSPS) is 13.2. The number of aliphatic carboxylic acids is 1. The lowest BCUT2D eigenvalue weighted by molar-refractivity contribution is -0.144. The SMILES string of the molecule is Cc1c(C)n(Cc2cccc(OC(C)C(=O)O)c2)c2ccc(C(=O)N[C@@H](C)c3ccc(C(C)(C)C)cc3)cc12. The minimum absolute atomic E-state index is 0.0856. The lowest BCUT2D eigenvalue weighted by Crippen LogP contribution is -2.26. The van der Waals surface area contributed by atoms with Gasteiger partial charge in [0.1, 0.15) is 5.75 Å². The summed E-state index contributed by atoms with van der Waals surface area (Å²) in [6, 6.07) is 21.7. The van der Waals surface area contributed by atoms with Gasteiger partial charge in [0.15, 0.2) is 6.10 Å². The Morgan fingerprint density at radius 2 is 1.67 bits per heavy atom. The predicted octanol–water partition coefficient (Wildman–Crippen LogP) is 6.95. The number of ether oxygens (including phenoxy) is 1. The summed E-state index contributed by atoms with van der Waals surface area (Å²) in [5.41, 5.74) is 7.31. The zero-order valence-electron chi connectivity index (χ0n) is 23.8. The molecule has 0 spiro atoms. The van der Waals surface area contributed by atoms with Crippen LogP contribution in [-0.4, -0.2) is 27.7 Å². The number of rotatable bonds is 8. The molecule has 0 bridgehead atoms. The molecule has 1 unspecified atom stereocenters. The summed E-state index contributed by atoms with van der Waals surface area (Å²) in [7, 11) is 0. The number of hydrogen-bond donors (Lipinski definition) is 2. The minimum atomic E-state index is -1.00. The van der Waals surface area contributed by atoms with Crippen molar-refractivity contribution in [3.8, 4) is 5.75 Å². The van der Waals surface area contributed by atoms with Gasteiger partial charge in [-0.2, -0.15) is 0 Å². The molecule has 4 rings (SSSR count). The lowest BCUT2D eigenvalue weighted by atomic mass is 9.86. The molecule has 3 aromatic carbocycles. The van der Waals surface area contributed by atoms with Gasteiger partial charge in [0, 0.05) is 28.7 Å². The number of amides is 1. The van der Waals surface area contributed by atoms with Gasteiger partial charge in [-0.05, 0) is 85.7 Å². The van der Waals surface area contributed by atoms with Gasteiger partial charge in [-0.15, -0.1) is 0 Å². The molecule has 0 aliphatic carbocycles. The molecule has 6 heteroatoms. The van der Waals surface area contributed by atoms with E-state index in [0.29, 0.717) is 17.9 Å². The van der Waals surface area contributed by atoms with E-state index in [9.17, 15) is 9.59 Å². The van der Waals surface area contributed by atoms with Gasteiger partial charge in [-0.25, -0.2) is 4.79 Å².